The lowest BCUT2D eigenvalue weighted by molar-refractivity contribution is 0.0716. The molecule has 35 heavy (non-hydrogen) atoms. The quantitative estimate of drug-likeness (QED) is 0.288. The molecular formula is C29H22N4OS. The Morgan fingerprint density at radius 3 is 2.11 bits per heavy atom. The first-order valence-electron chi connectivity index (χ1n) is 11.5. The van der Waals surface area contributed by atoms with Gasteiger partial charge in [-0.3, -0.25) is 4.79 Å². The lowest BCUT2D eigenvalue weighted by atomic mass is 9.96. The maximum absolute atomic E-state index is 13.6. The lowest BCUT2D eigenvalue weighted by Gasteiger charge is -2.21. The fourth-order valence-corrected chi connectivity index (χ4v) is 5.08. The van der Waals surface area contributed by atoms with Crippen molar-refractivity contribution >= 4 is 23.0 Å². The second kappa shape index (κ2) is 9.16. The topological polar surface area (TPSA) is 50.5 Å². The molecule has 1 aliphatic heterocycles. The van der Waals surface area contributed by atoms with Crippen LogP contribution < -0.4 is 0 Å². The number of thiophene rings is 1. The summed E-state index contributed by atoms with van der Waals surface area (Å²) in [5.74, 6) is -0.0950. The molecule has 5 nitrogen and oxygen atoms in total. The van der Waals surface area contributed by atoms with E-state index in [9.17, 15) is 4.79 Å². The molecule has 0 N–H and O–H groups in total. The number of nitrogens with zero attached hydrogens (tertiary/aromatic N) is 4. The molecule has 0 fully saturated rings. The minimum Gasteiger partial charge on any atom is -0.266 e. The number of hydrogen-bond donors (Lipinski definition) is 0. The van der Waals surface area contributed by atoms with Crippen molar-refractivity contribution in [2.45, 2.75) is 12.5 Å². The van der Waals surface area contributed by atoms with Crippen molar-refractivity contribution in [1.29, 1.82) is 0 Å². The molecule has 2 aromatic heterocycles. The van der Waals surface area contributed by atoms with Crippen LogP contribution in [0.25, 0.3) is 16.9 Å². The van der Waals surface area contributed by atoms with E-state index in [-0.39, 0.29) is 11.9 Å². The maximum atomic E-state index is 13.6. The summed E-state index contributed by atoms with van der Waals surface area (Å²) >= 11 is 1.43. The van der Waals surface area contributed by atoms with Crippen LogP contribution in [-0.4, -0.2) is 26.4 Å². The Kier molecular flexibility index (Phi) is 5.56. The largest absolute Gasteiger partial charge is 0.284 e. The number of hydrazone groups is 1. The summed E-state index contributed by atoms with van der Waals surface area (Å²) in [5, 5.41) is 13.4. The van der Waals surface area contributed by atoms with Gasteiger partial charge in [-0.05, 0) is 29.1 Å². The molecule has 0 unspecified atom stereocenters. The van der Waals surface area contributed by atoms with E-state index in [2.05, 4.69) is 12.1 Å². The van der Waals surface area contributed by atoms with Crippen molar-refractivity contribution in [3.63, 3.8) is 0 Å². The van der Waals surface area contributed by atoms with E-state index in [4.69, 9.17) is 10.2 Å². The van der Waals surface area contributed by atoms with Crippen LogP contribution in [-0.2, 0) is 0 Å². The second-order valence-electron chi connectivity index (χ2n) is 8.34. The summed E-state index contributed by atoms with van der Waals surface area (Å²) < 4.78 is 1.89. The van der Waals surface area contributed by atoms with E-state index in [1.54, 1.807) is 5.01 Å². The highest BCUT2D eigenvalue weighted by Gasteiger charge is 2.36. The average Bonchev–Trinajstić information content (AvgIpc) is 3.70. The van der Waals surface area contributed by atoms with Gasteiger partial charge in [0.25, 0.3) is 5.91 Å². The molecule has 3 heterocycles. The number of rotatable bonds is 5. The molecule has 0 radical (unpaired) electrons. The van der Waals surface area contributed by atoms with Crippen LogP contribution in [0.4, 0.5) is 0 Å². The van der Waals surface area contributed by atoms with E-state index in [0.29, 0.717) is 11.3 Å². The molecule has 170 valence electrons. The molecule has 0 saturated carbocycles. The molecule has 1 amide bonds. The highest BCUT2D eigenvalue weighted by atomic mass is 32.1. The van der Waals surface area contributed by atoms with Gasteiger partial charge < -0.3 is 0 Å². The van der Waals surface area contributed by atoms with E-state index in [1.807, 2.05) is 107 Å². The number of benzene rings is 3. The Labute approximate surface area is 207 Å². The Balaban J connectivity index is 1.49. The fraction of sp³-hybridized carbons (Fsp3) is 0.0690. The van der Waals surface area contributed by atoms with Crippen molar-refractivity contribution in [2.24, 2.45) is 5.10 Å². The van der Waals surface area contributed by atoms with E-state index >= 15 is 0 Å². The van der Waals surface area contributed by atoms with Crippen LogP contribution in [0.3, 0.4) is 0 Å². The molecule has 0 bridgehead atoms. The van der Waals surface area contributed by atoms with Crippen molar-refractivity contribution < 1.29 is 4.79 Å². The Hall–Kier alpha value is -4.29. The molecule has 6 rings (SSSR count). The normalized spacial score (nSPS) is 15.3. The Morgan fingerprint density at radius 1 is 0.800 bits per heavy atom. The first kappa shape index (κ1) is 21.3. The number of amides is 1. The molecular weight excluding hydrogens is 452 g/mol. The molecule has 3 aromatic carbocycles. The average molecular weight is 475 g/mol. The van der Waals surface area contributed by atoms with Gasteiger partial charge in [-0.2, -0.15) is 10.2 Å². The van der Waals surface area contributed by atoms with E-state index in [0.717, 1.165) is 33.8 Å². The first-order chi connectivity index (χ1) is 17.3. The highest BCUT2D eigenvalue weighted by molar-refractivity contribution is 7.12. The molecule has 0 spiro atoms. The number of hydrogen-bond acceptors (Lipinski definition) is 4. The summed E-state index contributed by atoms with van der Waals surface area (Å²) in [5.41, 5.74) is 5.72. The standard InChI is InChI=1S/C29H22N4OS/c34-29(27-17-10-18-35-27)33-26(19-25(30-33)21-11-4-1-5-12-21)24-20-32(23-15-8-3-9-16-23)31-28(24)22-13-6-2-7-14-22/h1-18,20,26H,19H2/t26-/m0/s1. The van der Waals surface area contributed by atoms with Gasteiger partial charge in [0.05, 0.1) is 28.0 Å². The third-order valence-electron chi connectivity index (χ3n) is 6.13. The zero-order chi connectivity index (χ0) is 23.6. The number of carbonyl (C=O) groups is 1. The van der Waals surface area contributed by atoms with Gasteiger partial charge in [-0.25, -0.2) is 9.69 Å². The third-order valence-corrected chi connectivity index (χ3v) is 6.98. The van der Waals surface area contributed by atoms with Gasteiger partial charge in [-0.15, -0.1) is 11.3 Å². The summed E-state index contributed by atoms with van der Waals surface area (Å²) in [4.78, 5) is 14.3. The summed E-state index contributed by atoms with van der Waals surface area (Å²) in [6.45, 7) is 0. The van der Waals surface area contributed by atoms with Crippen LogP contribution >= 0.6 is 11.3 Å². The van der Waals surface area contributed by atoms with Gasteiger partial charge in [0, 0.05) is 23.7 Å². The van der Waals surface area contributed by atoms with Crippen LogP contribution in [0.5, 0.6) is 0 Å². The predicted molar refractivity (Wildman–Crippen MR) is 140 cm³/mol. The molecule has 6 heteroatoms. The monoisotopic (exact) mass is 474 g/mol. The van der Waals surface area contributed by atoms with Gasteiger partial charge in [-0.1, -0.05) is 84.9 Å². The Bertz CT molecular complexity index is 1480. The molecule has 5 aromatic rings. The van der Waals surface area contributed by atoms with Gasteiger partial charge in [0.15, 0.2) is 0 Å². The summed E-state index contributed by atoms with van der Waals surface area (Å²) in [6, 6.07) is 33.7. The third kappa shape index (κ3) is 4.09. The molecule has 1 atom stereocenters. The van der Waals surface area contributed by atoms with Crippen molar-refractivity contribution in [3.8, 4) is 16.9 Å². The highest BCUT2D eigenvalue weighted by Crippen LogP contribution is 2.39. The first-order valence-corrected chi connectivity index (χ1v) is 12.4. The van der Waals surface area contributed by atoms with Crippen molar-refractivity contribution in [1.82, 2.24) is 14.8 Å². The minimum atomic E-state index is -0.271. The predicted octanol–water partition coefficient (Wildman–Crippen LogP) is 6.59. The zero-order valence-electron chi connectivity index (χ0n) is 18.9. The van der Waals surface area contributed by atoms with Gasteiger partial charge in [0.2, 0.25) is 0 Å². The van der Waals surface area contributed by atoms with Crippen molar-refractivity contribution in [3.05, 3.63) is 131 Å². The lowest BCUT2D eigenvalue weighted by Crippen LogP contribution is -2.26. The van der Waals surface area contributed by atoms with Crippen LogP contribution in [0.15, 0.2) is 120 Å². The summed E-state index contributed by atoms with van der Waals surface area (Å²) in [6.07, 6.45) is 2.65. The fourth-order valence-electron chi connectivity index (χ4n) is 4.42. The van der Waals surface area contributed by atoms with Crippen LogP contribution in [0.2, 0.25) is 0 Å². The van der Waals surface area contributed by atoms with Crippen LogP contribution in [0.1, 0.15) is 33.3 Å². The SMILES string of the molecule is O=C(c1cccs1)N1N=C(c2ccccc2)C[C@H]1c1cn(-c2ccccc2)nc1-c1ccccc1. The van der Waals surface area contributed by atoms with Crippen LogP contribution in [0, 0.1) is 0 Å². The number of carbonyl (C=O) groups excluding carboxylic acids is 1. The number of para-hydroxylation sites is 1. The second-order valence-corrected chi connectivity index (χ2v) is 9.29. The van der Waals surface area contributed by atoms with Gasteiger partial charge >= 0.3 is 0 Å². The van der Waals surface area contributed by atoms with Crippen molar-refractivity contribution in [2.75, 3.05) is 0 Å². The minimum absolute atomic E-state index is 0.0950. The summed E-state index contributed by atoms with van der Waals surface area (Å²) in [7, 11) is 0. The maximum Gasteiger partial charge on any atom is 0.284 e. The molecule has 0 aliphatic carbocycles. The van der Waals surface area contributed by atoms with E-state index < -0.39 is 0 Å². The Morgan fingerprint density at radius 2 is 1.46 bits per heavy atom. The molecule has 1 aliphatic rings. The number of aromatic nitrogens is 2. The molecule has 0 saturated heterocycles. The van der Waals surface area contributed by atoms with Gasteiger partial charge in [0.1, 0.15) is 0 Å². The zero-order valence-corrected chi connectivity index (χ0v) is 19.7. The smallest absolute Gasteiger partial charge is 0.266 e. The van der Waals surface area contributed by atoms with E-state index in [1.165, 1.54) is 11.3 Å².